The van der Waals surface area contributed by atoms with Crippen molar-refractivity contribution in [3.63, 3.8) is 0 Å². The second-order valence-corrected chi connectivity index (χ2v) is 9.14. The number of carboxylic acid groups (broad SMARTS) is 1. The summed E-state index contributed by atoms with van der Waals surface area (Å²) in [7, 11) is 1.46. The molecule has 170 valence electrons. The maximum Gasteiger partial charge on any atom is 0.341 e. The average molecular weight is 462 g/mol. The van der Waals surface area contributed by atoms with E-state index < -0.39 is 34.2 Å². The summed E-state index contributed by atoms with van der Waals surface area (Å²) in [4.78, 5) is 24.8. The zero-order chi connectivity index (χ0) is 23.8. The van der Waals surface area contributed by atoms with Crippen molar-refractivity contribution >= 4 is 23.1 Å². The number of aromatic carboxylic acids is 1. The van der Waals surface area contributed by atoms with Gasteiger partial charge in [-0.05, 0) is 28.7 Å². The van der Waals surface area contributed by atoms with Crippen molar-refractivity contribution in [2.45, 2.75) is 33.1 Å². The van der Waals surface area contributed by atoms with Crippen molar-refractivity contribution in [2.75, 3.05) is 13.7 Å². The zero-order valence-corrected chi connectivity index (χ0v) is 19.0. The SMILES string of the molecule is COc1cc2c([C@H](CO)C(C)(C)C)cc(C(=O)O)c(=O)n2cc1Cc1cccc(Cl)c1F. The smallest absolute Gasteiger partial charge is 0.341 e. The molecule has 0 fully saturated rings. The van der Waals surface area contributed by atoms with E-state index in [1.54, 1.807) is 18.2 Å². The fraction of sp³-hybridized carbons (Fsp3) is 0.333. The maximum atomic E-state index is 14.5. The van der Waals surface area contributed by atoms with Gasteiger partial charge >= 0.3 is 5.97 Å². The maximum absolute atomic E-state index is 14.5. The molecule has 0 aliphatic carbocycles. The summed E-state index contributed by atoms with van der Waals surface area (Å²) in [6, 6.07) is 7.58. The second kappa shape index (κ2) is 8.92. The lowest BCUT2D eigenvalue weighted by Gasteiger charge is -2.30. The number of carbonyl (C=O) groups is 1. The van der Waals surface area contributed by atoms with Gasteiger partial charge in [0.05, 0.1) is 24.3 Å². The van der Waals surface area contributed by atoms with Crippen LogP contribution in [0.1, 0.15) is 53.7 Å². The third-order valence-electron chi connectivity index (χ3n) is 5.64. The standard InChI is InChI=1S/C24H25ClFNO5/c1-24(2,3)17(12-28)15-9-16(23(30)31)22(29)27-11-14(20(32-4)10-19(15)27)8-13-6-5-7-18(25)21(13)26/h5-7,9-11,17,28H,8,12H2,1-4H3,(H,30,31)/t17-/m0/s1. The van der Waals surface area contributed by atoms with Crippen LogP contribution in [-0.2, 0) is 6.42 Å². The molecule has 3 rings (SSSR count). The van der Waals surface area contributed by atoms with Gasteiger partial charge in [0, 0.05) is 30.2 Å². The van der Waals surface area contributed by atoms with Crippen molar-refractivity contribution in [3.8, 4) is 5.75 Å². The molecule has 2 heterocycles. The van der Waals surface area contributed by atoms with Crippen LogP contribution in [0.5, 0.6) is 5.75 Å². The van der Waals surface area contributed by atoms with E-state index in [-0.39, 0.29) is 18.1 Å². The molecule has 32 heavy (non-hydrogen) atoms. The molecule has 0 radical (unpaired) electrons. The van der Waals surface area contributed by atoms with Gasteiger partial charge in [-0.1, -0.05) is 44.5 Å². The zero-order valence-electron chi connectivity index (χ0n) is 18.3. The predicted octanol–water partition coefficient (Wildman–Crippen LogP) is 4.51. The number of rotatable bonds is 6. The van der Waals surface area contributed by atoms with Gasteiger partial charge in [-0.3, -0.25) is 9.20 Å². The Kier molecular flexibility index (Phi) is 6.62. The molecular formula is C24H25ClFNO5. The number of aromatic nitrogens is 1. The lowest BCUT2D eigenvalue weighted by Crippen LogP contribution is -2.28. The summed E-state index contributed by atoms with van der Waals surface area (Å²) >= 11 is 5.89. The predicted molar refractivity (Wildman–Crippen MR) is 121 cm³/mol. The van der Waals surface area contributed by atoms with Crippen LogP contribution in [0.2, 0.25) is 5.02 Å². The third kappa shape index (κ3) is 4.36. The van der Waals surface area contributed by atoms with Gasteiger partial charge in [-0.2, -0.15) is 0 Å². The molecule has 3 aromatic rings. The summed E-state index contributed by atoms with van der Waals surface area (Å²) < 4.78 is 21.2. The van der Waals surface area contributed by atoms with Crippen molar-refractivity contribution in [2.24, 2.45) is 5.41 Å². The molecule has 0 spiro atoms. The Morgan fingerprint density at radius 2 is 1.94 bits per heavy atom. The van der Waals surface area contributed by atoms with Gasteiger partial charge in [0.2, 0.25) is 0 Å². The van der Waals surface area contributed by atoms with Gasteiger partial charge in [-0.15, -0.1) is 0 Å². The molecule has 1 atom stereocenters. The van der Waals surface area contributed by atoms with Crippen molar-refractivity contribution < 1.29 is 24.1 Å². The first-order chi connectivity index (χ1) is 15.0. The number of aliphatic hydroxyl groups excluding tert-OH is 1. The number of benzene rings is 1. The highest BCUT2D eigenvalue weighted by molar-refractivity contribution is 6.30. The van der Waals surface area contributed by atoms with E-state index in [1.807, 2.05) is 20.8 Å². The summed E-state index contributed by atoms with van der Waals surface area (Å²) in [6.07, 6.45) is 1.54. The summed E-state index contributed by atoms with van der Waals surface area (Å²) in [5.41, 5.74) is 0.159. The first-order valence-electron chi connectivity index (χ1n) is 10.0. The Morgan fingerprint density at radius 3 is 2.50 bits per heavy atom. The number of hydrogen-bond donors (Lipinski definition) is 2. The van der Waals surface area contributed by atoms with E-state index in [0.29, 0.717) is 28.0 Å². The van der Waals surface area contributed by atoms with Gasteiger partial charge in [0.25, 0.3) is 5.56 Å². The van der Waals surface area contributed by atoms with E-state index >= 15 is 0 Å². The molecule has 0 aliphatic rings. The molecular weight excluding hydrogens is 437 g/mol. The Labute approximate surface area is 189 Å². The van der Waals surface area contributed by atoms with Crippen LogP contribution >= 0.6 is 11.6 Å². The minimum absolute atomic E-state index is 0.0224. The Hall–Kier alpha value is -2.90. The van der Waals surface area contributed by atoms with E-state index in [9.17, 15) is 24.2 Å². The van der Waals surface area contributed by atoms with Crippen molar-refractivity contribution in [1.29, 1.82) is 0 Å². The van der Waals surface area contributed by atoms with Crippen LogP contribution in [0.15, 0.2) is 41.3 Å². The lowest BCUT2D eigenvalue weighted by molar-refractivity contribution is 0.0694. The summed E-state index contributed by atoms with van der Waals surface area (Å²) in [5, 5.41) is 19.7. The molecule has 0 amide bonds. The number of carboxylic acids is 1. The number of halogens is 2. The molecule has 8 heteroatoms. The van der Waals surface area contributed by atoms with E-state index in [2.05, 4.69) is 0 Å². The van der Waals surface area contributed by atoms with E-state index in [1.165, 1.54) is 29.8 Å². The van der Waals surface area contributed by atoms with Crippen molar-refractivity contribution in [1.82, 2.24) is 4.40 Å². The Bertz CT molecular complexity index is 1250. The highest BCUT2D eigenvalue weighted by Crippen LogP contribution is 2.38. The number of methoxy groups -OCH3 is 1. The number of aliphatic hydroxyl groups is 1. The minimum Gasteiger partial charge on any atom is -0.496 e. The third-order valence-corrected chi connectivity index (χ3v) is 5.93. The molecule has 2 aromatic heterocycles. The van der Waals surface area contributed by atoms with Crippen molar-refractivity contribution in [3.05, 3.63) is 80.0 Å². The average Bonchev–Trinajstić information content (AvgIpc) is 2.72. The molecule has 1 aromatic carbocycles. The van der Waals surface area contributed by atoms with Crippen LogP contribution in [-0.4, -0.2) is 34.3 Å². The number of pyridine rings is 2. The van der Waals surface area contributed by atoms with Gasteiger partial charge in [0.15, 0.2) is 0 Å². The quantitative estimate of drug-likeness (QED) is 0.563. The number of hydrogen-bond acceptors (Lipinski definition) is 4. The molecule has 0 saturated carbocycles. The first kappa shape index (κ1) is 23.8. The Balaban J connectivity index is 2.34. The van der Waals surface area contributed by atoms with E-state index in [0.717, 1.165) is 0 Å². The number of nitrogens with zero attached hydrogens (tertiary/aromatic N) is 1. The molecule has 0 aliphatic heterocycles. The molecule has 0 saturated heterocycles. The first-order valence-corrected chi connectivity index (χ1v) is 10.4. The number of ether oxygens (including phenoxy) is 1. The van der Waals surface area contributed by atoms with Crippen LogP contribution in [0, 0.1) is 11.2 Å². The lowest BCUT2D eigenvalue weighted by atomic mass is 9.76. The minimum atomic E-state index is -1.37. The van der Waals surface area contributed by atoms with Crippen LogP contribution in [0.25, 0.3) is 5.52 Å². The fourth-order valence-electron chi connectivity index (χ4n) is 3.87. The number of fused-ring (bicyclic) bond motifs is 1. The van der Waals surface area contributed by atoms with E-state index in [4.69, 9.17) is 16.3 Å². The molecule has 0 bridgehead atoms. The second-order valence-electron chi connectivity index (χ2n) is 8.74. The van der Waals surface area contributed by atoms with Crippen LogP contribution in [0.4, 0.5) is 4.39 Å². The van der Waals surface area contributed by atoms with Crippen LogP contribution in [0.3, 0.4) is 0 Å². The highest BCUT2D eigenvalue weighted by Gasteiger charge is 2.30. The van der Waals surface area contributed by atoms with Gasteiger partial charge < -0.3 is 14.9 Å². The molecule has 2 N–H and O–H groups in total. The largest absolute Gasteiger partial charge is 0.496 e. The normalized spacial score (nSPS) is 12.7. The van der Waals surface area contributed by atoms with Gasteiger partial charge in [-0.25, -0.2) is 9.18 Å². The highest BCUT2D eigenvalue weighted by atomic mass is 35.5. The topological polar surface area (TPSA) is 88.2 Å². The Morgan fingerprint density at radius 1 is 1.25 bits per heavy atom. The molecule has 0 unspecified atom stereocenters. The monoisotopic (exact) mass is 461 g/mol. The van der Waals surface area contributed by atoms with Gasteiger partial charge in [0.1, 0.15) is 17.1 Å². The van der Waals surface area contributed by atoms with Crippen LogP contribution < -0.4 is 10.3 Å². The molecule has 6 nitrogen and oxygen atoms in total. The summed E-state index contributed by atoms with van der Waals surface area (Å²) in [6.45, 7) is 5.52. The summed E-state index contributed by atoms with van der Waals surface area (Å²) in [5.74, 6) is -1.98. The fourth-order valence-corrected chi connectivity index (χ4v) is 4.06.